The predicted molar refractivity (Wildman–Crippen MR) is 116 cm³/mol. The van der Waals surface area contributed by atoms with Crippen LogP contribution in [0.2, 0.25) is 0 Å². The van der Waals surface area contributed by atoms with Gasteiger partial charge in [0.25, 0.3) is 5.91 Å². The number of amides is 1. The van der Waals surface area contributed by atoms with Crippen LogP contribution in [0.25, 0.3) is 11.3 Å². The maximum atomic E-state index is 12.9. The number of aromatic nitrogens is 1. The first-order valence-corrected chi connectivity index (χ1v) is 10.1. The van der Waals surface area contributed by atoms with Crippen LogP contribution >= 0.6 is 11.3 Å². The number of hydrogen-bond donors (Lipinski definition) is 1. The highest BCUT2D eigenvalue weighted by Gasteiger charge is 2.36. The van der Waals surface area contributed by atoms with E-state index in [-0.39, 0.29) is 11.5 Å². The number of aromatic carboxylic acids is 1. The van der Waals surface area contributed by atoms with Gasteiger partial charge in [-0.3, -0.25) is 4.79 Å². The Kier molecular flexibility index (Phi) is 5.54. The molecule has 1 N–H and O–H groups in total. The van der Waals surface area contributed by atoms with Crippen LogP contribution in [0.4, 0.5) is 10.8 Å². The van der Waals surface area contributed by atoms with Crippen molar-refractivity contribution in [2.45, 2.75) is 13.0 Å². The molecule has 3 aromatic rings. The number of nitrogens with zero attached hydrogens (tertiary/aromatic N) is 5. The molecule has 1 aliphatic heterocycles. The third-order valence-corrected chi connectivity index (χ3v) is 5.35. The number of methoxy groups -OCH3 is 1. The standard InChI is InChI=1S/C21H17N5O4S/c1-12-18(24-23-15-5-3-4-14(10-15)20(28)29)19(27)26(25-12)21-22-17(11-31-21)13-6-8-16(30-2)9-7-13/h3-11,18H,1-2H3,(H,28,29)/t18-/m1/s1. The summed E-state index contributed by atoms with van der Waals surface area (Å²) in [6.45, 7) is 1.69. The van der Waals surface area contributed by atoms with Crippen molar-refractivity contribution in [1.29, 1.82) is 0 Å². The van der Waals surface area contributed by atoms with E-state index in [2.05, 4.69) is 20.3 Å². The molecule has 31 heavy (non-hydrogen) atoms. The van der Waals surface area contributed by atoms with Gasteiger partial charge in [0.1, 0.15) is 5.75 Å². The maximum absolute atomic E-state index is 12.9. The summed E-state index contributed by atoms with van der Waals surface area (Å²) in [5, 5.41) is 25.0. The van der Waals surface area contributed by atoms with Crippen molar-refractivity contribution in [1.82, 2.24) is 4.98 Å². The topological polar surface area (TPSA) is 117 Å². The summed E-state index contributed by atoms with van der Waals surface area (Å²) in [4.78, 5) is 28.5. The second-order valence-corrected chi connectivity index (χ2v) is 7.45. The van der Waals surface area contributed by atoms with Crippen LogP contribution in [0.15, 0.2) is 69.2 Å². The average Bonchev–Trinajstić information content (AvgIpc) is 3.37. The number of rotatable bonds is 6. The molecule has 0 bridgehead atoms. The van der Waals surface area contributed by atoms with Gasteiger partial charge in [0, 0.05) is 10.9 Å². The molecule has 9 nitrogen and oxygen atoms in total. The summed E-state index contributed by atoms with van der Waals surface area (Å²) in [6, 6.07) is 12.6. The van der Waals surface area contributed by atoms with Crippen LogP contribution in [0.5, 0.6) is 5.75 Å². The van der Waals surface area contributed by atoms with Gasteiger partial charge in [0.05, 0.1) is 29.8 Å². The highest BCUT2D eigenvalue weighted by molar-refractivity contribution is 7.14. The fourth-order valence-electron chi connectivity index (χ4n) is 2.91. The molecule has 1 aromatic heterocycles. The molecule has 0 aliphatic carbocycles. The van der Waals surface area contributed by atoms with Gasteiger partial charge in [-0.2, -0.15) is 20.3 Å². The number of carbonyl (C=O) groups is 2. The summed E-state index contributed by atoms with van der Waals surface area (Å²) in [5.74, 6) is -0.683. The van der Waals surface area contributed by atoms with E-state index >= 15 is 0 Å². The molecule has 156 valence electrons. The lowest BCUT2D eigenvalue weighted by Gasteiger charge is -2.08. The normalized spacial score (nSPS) is 16.1. The lowest BCUT2D eigenvalue weighted by atomic mass is 10.2. The van der Waals surface area contributed by atoms with Gasteiger partial charge in [-0.05, 0) is 49.4 Å². The number of hydrazone groups is 1. The summed E-state index contributed by atoms with van der Waals surface area (Å²) in [5.41, 5.74) is 2.53. The number of ether oxygens (including phenoxy) is 1. The number of carboxylic acids is 1. The van der Waals surface area contributed by atoms with E-state index in [1.807, 2.05) is 29.6 Å². The molecule has 10 heteroatoms. The monoisotopic (exact) mass is 435 g/mol. The molecule has 4 rings (SSSR count). The van der Waals surface area contributed by atoms with Crippen molar-refractivity contribution in [2.75, 3.05) is 12.1 Å². The van der Waals surface area contributed by atoms with E-state index in [1.54, 1.807) is 26.2 Å². The van der Waals surface area contributed by atoms with Gasteiger partial charge in [0.15, 0.2) is 6.04 Å². The smallest absolute Gasteiger partial charge is 0.335 e. The molecule has 0 fully saturated rings. The van der Waals surface area contributed by atoms with Crippen LogP contribution in [0, 0.1) is 0 Å². The third-order valence-electron chi connectivity index (χ3n) is 4.54. The summed E-state index contributed by atoms with van der Waals surface area (Å²) in [7, 11) is 1.60. The van der Waals surface area contributed by atoms with Gasteiger partial charge < -0.3 is 9.84 Å². The van der Waals surface area contributed by atoms with E-state index in [0.717, 1.165) is 17.0 Å². The molecule has 0 radical (unpaired) electrons. The zero-order valence-electron chi connectivity index (χ0n) is 16.6. The van der Waals surface area contributed by atoms with E-state index in [4.69, 9.17) is 9.84 Å². The highest BCUT2D eigenvalue weighted by atomic mass is 32.1. The number of benzene rings is 2. The Morgan fingerprint density at radius 2 is 2.00 bits per heavy atom. The van der Waals surface area contributed by atoms with Gasteiger partial charge in [-0.15, -0.1) is 11.3 Å². The van der Waals surface area contributed by atoms with Crippen LogP contribution in [0.1, 0.15) is 17.3 Å². The molecule has 2 aromatic carbocycles. The Bertz CT molecular complexity index is 1200. The van der Waals surface area contributed by atoms with E-state index in [9.17, 15) is 9.59 Å². The van der Waals surface area contributed by atoms with Crippen molar-refractivity contribution in [3.05, 3.63) is 59.5 Å². The Labute approximate surface area is 181 Å². The van der Waals surface area contributed by atoms with Crippen molar-refractivity contribution in [2.24, 2.45) is 15.3 Å². The van der Waals surface area contributed by atoms with Gasteiger partial charge in [0.2, 0.25) is 5.13 Å². The quantitative estimate of drug-likeness (QED) is 0.576. The average molecular weight is 435 g/mol. The predicted octanol–water partition coefficient (Wildman–Crippen LogP) is 4.39. The zero-order chi connectivity index (χ0) is 22.0. The molecule has 1 aliphatic rings. The van der Waals surface area contributed by atoms with Gasteiger partial charge >= 0.3 is 5.97 Å². The third kappa shape index (κ3) is 4.19. The first-order valence-electron chi connectivity index (χ1n) is 9.19. The highest BCUT2D eigenvalue weighted by Crippen LogP contribution is 2.31. The van der Waals surface area contributed by atoms with Crippen molar-refractivity contribution in [3.63, 3.8) is 0 Å². The van der Waals surface area contributed by atoms with Crippen molar-refractivity contribution in [3.8, 4) is 17.0 Å². The number of anilines is 1. The number of carboxylic acid groups (broad SMARTS) is 1. The molecule has 0 unspecified atom stereocenters. The molecule has 0 spiro atoms. The fraction of sp³-hybridized carbons (Fsp3) is 0.143. The minimum Gasteiger partial charge on any atom is -0.497 e. The number of carbonyl (C=O) groups excluding carboxylic acids is 1. The first-order chi connectivity index (χ1) is 15.0. The number of thiazole rings is 1. The maximum Gasteiger partial charge on any atom is 0.335 e. The Balaban J connectivity index is 1.52. The molecule has 0 saturated carbocycles. The van der Waals surface area contributed by atoms with Gasteiger partial charge in [-0.1, -0.05) is 6.07 Å². The van der Waals surface area contributed by atoms with Crippen molar-refractivity contribution < 1.29 is 19.4 Å². The lowest BCUT2D eigenvalue weighted by Crippen LogP contribution is -2.29. The summed E-state index contributed by atoms with van der Waals surface area (Å²) >= 11 is 1.30. The Hall–Kier alpha value is -3.92. The molecule has 2 heterocycles. The second-order valence-electron chi connectivity index (χ2n) is 6.61. The summed E-state index contributed by atoms with van der Waals surface area (Å²) < 4.78 is 5.17. The molecule has 1 amide bonds. The van der Waals surface area contributed by atoms with Crippen LogP contribution in [-0.4, -0.2) is 40.8 Å². The van der Waals surface area contributed by atoms with E-state index in [1.165, 1.54) is 28.5 Å². The Morgan fingerprint density at radius 1 is 1.23 bits per heavy atom. The second kappa shape index (κ2) is 8.44. The number of hydrogen-bond acceptors (Lipinski definition) is 8. The first kappa shape index (κ1) is 20.4. The van der Waals surface area contributed by atoms with Crippen LogP contribution < -0.4 is 9.75 Å². The van der Waals surface area contributed by atoms with Crippen LogP contribution in [-0.2, 0) is 4.79 Å². The SMILES string of the molecule is COc1ccc(-c2csc(N3N=C(C)[C@@H](N=Nc4cccc(C(=O)O)c4)C3=O)n2)cc1. The van der Waals surface area contributed by atoms with E-state index < -0.39 is 12.0 Å². The van der Waals surface area contributed by atoms with Crippen molar-refractivity contribution >= 4 is 39.7 Å². The molecule has 0 saturated heterocycles. The molecular formula is C21H17N5O4S. The number of azo groups is 1. The molecular weight excluding hydrogens is 418 g/mol. The minimum absolute atomic E-state index is 0.0926. The van der Waals surface area contributed by atoms with E-state index in [0.29, 0.717) is 16.5 Å². The molecule has 1 atom stereocenters. The Morgan fingerprint density at radius 3 is 2.71 bits per heavy atom. The zero-order valence-corrected chi connectivity index (χ0v) is 17.4. The van der Waals surface area contributed by atoms with Gasteiger partial charge in [-0.25, -0.2) is 9.78 Å². The minimum atomic E-state index is -1.06. The van der Waals surface area contributed by atoms with Crippen LogP contribution in [0.3, 0.4) is 0 Å². The largest absolute Gasteiger partial charge is 0.497 e. The summed E-state index contributed by atoms with van der Waals surface area (Å²) in [6.07, 6.45) is 0. The fourth-order valence-corrected chi connectivity index (χ4v) is 3.70. The lowest BCUT2D eigenvalue weighted by molar-refractivity contribution is -0.117.